The van der Waals surface area contributed by atoms with Gasteiger partial charge in [0.1, 0.15) is 0 Å². The standard InChI is InChI=1S/C67H45F6N3/c1-39-13-5-9-17-49(39)44-21-27-59-54(33-44)55-34-45(50-18-10-6-14-40(50)2)22-28-60(55)75(59)63-31-43(38-74)32-64(65(63)53-26-25-48(66(68,69)70)37-58(53)67(71,72)73)76-61-29-23-46(51-19-11-7-15-41(51)3)35-56(61)57-36-47(24-30-62(57)76)52-20-12-8-16-42(52)4/h5-37H,1-4H3. The average Bonchev–Trinajstić information content (AvgIpc) is 4.14. The van der Waals surface area contributed by atoms with E-state index in [1.165, 1.54) is 0 Å². The number of hydrogen-bond acceptors (Lipinski definition) is 1. The molecule has 0 radical (unpaired) electrons. The maximum atomic E-state index is 15.9. The second kappa shape index (κ2) is 18.1. The van der Waals surface area contributed by atoms with Crippen LogP contribution in [0.4, 0.5) is 26.3 Å². The Bertz CT molecular complexity index is 3950. The molecule has 0 N–H and O–H groups in total. The van der Waals surface area contributed by atoms with Crippen LogP contribution in [-0.2, 0) is 12.4 Å². The molecule has 0 spiro atoms. The molecule has 0 aliphatic heterocycles. The zero-order valence-electron chi connectivity index (χ0n) is 41.7. The van der Waals surface area contributed by atoms with Crippen molar-refractivity contribution in [3.8, 4) is 73.1 Å². The lowest BCUT2D eigenvalue weighted by atomic mass is 9.92. The molecule has 0 aliphatic carbocycles. The van der Waals surface area contributed by atoms with Gasteiger partial charge < -0.3 is 9.13 Å². The number of nitriles is 1. The van der Waals surface area contributed by atoms with Crippen molar-refractivity contribution in [2.75, 3.05) is 0 Å². The Morgan fingerprint density at radius 2 is 0.684 bits per heavy atom. The zero-order valence-corrected chi connectivity index (χ0v) is 41.7. The molecule has 0 atom stereocenters. The first-order valence-electron chi connectivity index (χ1n) is 24.9. The average molecular weight is 1010 g/mol. The minimum atomic E-state index is -5.25. The van der Waals surface area contributed by atoms with E-state index < -0.39 is 29.0 Å². The van der Waals surface area contributed by atoms with Crippen LogP contribution in [0.25, 0.3) is 111 Å². The maximum Gasteiger partial charge on any atom is 0.417 e. The van der Waals surface area contributed by atoms with Crippen molar-refractivity contribution in [1.82, 2.24) is 9.13 Å². The minimum Gasteiger partial charge on any atom is -0.308 e. The predicted octanol–water partition coefficient (Wildman–Crippen LogP) is 19.4. The summed E-state index contributed by atoms with van der Waals surface area (Å²) in [6.45, 7) is 8.13. The van der Waals surface area contributed by atoms with E-state index in [1.807, 2.05) is 182 Å². The first kappa shape index (κ1) is 47.8. The van der Waals surface area contributed by atoms with E-state index in [9.17, 15) is 18.4 Å². The molecule has 2 heterocycles. The Labute approximate surface area is 434 Å². The SMILES string of the molecule is Cc1ccccc1-c1ccc2c(c1)c1cc(-c3ccccc3C)ccc1n2-c1cc(C#N)cc(-n2c3ccc(-c4ccccc4C)cc3c3cc(-c4ccccc4C)ccc32)c1-c1ccc(C(F)(F)F)cc1C(F)(F)F. The van der Waals surface area contributed by atoms with Crippen LogP contribution in [0.3, 0.4) is 0 Å². The molecule has 12 aromatic rings. The molecule has 12 rings (SSSR count). The lowest BCUT2D eigenvalue weighted by Gasteiger charge is -2.24. The van der Waals surface area contributed by atoms with Crippen LogP contribution in [0.15, 0.2) is 200 Å². The summed E-state index contributed by atoms with van der Waals surface area (Å²) in [5, 5.41) is 14.2. The van der Waals surface area contributed by atoms with Crippen molar-refractivity contribution < 1.29 is 26.3 Å². The Morgan fingerprint density at radius 3 is 0.974 bits per heavy atom. The molecule has 370 valence electrons. The summed E-state index contributed by atoms with van der Waals surface area (Å²) >= 11 is 0. The van der Waals surface area contributed by atoms with Gasteiger partial charge in [-0.3, -0.25) is 0 Å². The molecule has 2 aromatic heterocycles. The molecule has 0 fully saturated rings. The van der Waals surface area contributed by atoms with E-state index in [2.05, 4.69) is 30.3 Å². The third-order valence-electron chi connectivity index (χ3n) is 15.0. The van der Waals surface area contributed by atoms with E-state index >= 15 is 13.2 Å². The Hall–Kier alpha value is -9.13. The van der Waals surface area contributed by atoms with Crippen molar-refractivity contribution in [2.24, 2.45) is 0 Å². The second-order valence-electron chi connectivity index (χ2n) is 19.6. The largest absolute Gasteiger partial charge is 0.417 e. The number of rotatable bonds is 7. The van der Waals surface area contributed by atoms with Crippen LogP contribution in [0, 0.1) is 39.0 Å². The highest BCUT2D eigenvalue weighted by Gasteiger charge is 2.40. The smallest absolute Gasteiger partial charge is 0.308 e. The van der Waals surface area contributed by atoms with Crippen LogP contribution < -0.4 is 0 Å². The number of fused-ring (bicyclic) bond motifs is 6. The minimum absolute atomic E-state index is 0.0189. The van der Waals surface area contributed by atoms with E-state index in [1.54, 1.807) is 12.1 Å². The monoisotopic (exact) mass is 1010 g/mol. The molecular weight excluding hydrogens is 961 g/mol. The molecule has 0 saturated heterocycles. The van der Waals surface area contributed by atoms with Gasteiger partial charge in [-0.05, 0) is 173 Å². The van der Waals surface area contributed by atoms with Crippen LogP contribution in [-0.4, -0.2) is 9.13 Å². The van der Waals surface area contributed by atoms with Crippen molar-refractivity contribution in [2.45, 2.75) is 40.0 Å². The molecule has 9 heteroatoms. The van der Waals surface area contributed by atoms with Gasteiger partial charge in [0.15, 0.2) is 0 Å². The molecule has 0 bridgehead atoms. The fourth-order valence-corrected chi connectivity index (χ4v) is 11.3. The Kier molecular flexibility index (Phi) is 11.4. The number of benzene rings is 10. The van der Waals surface area contributed by atoms with Gasteiger partial charge >= 0.3 is 12.4 Å². The number of aromatic nitrogens is 2. The van der Waals surface area contributed by atoms with Gasteiger partial charge in [-0.15, -0.1) is 0 Å². The van der Waals surface area contributed by atoms with Crippen LogP contribution in [0.2, 0.25) is 0 Å². The summed E-state index contributed by atoms with van der Waals surface area (Å²) in [6.07, 6.45) is -10.3. The third-order valence-corrected chi connectivity index (χ3v) is 15.0. The molecule has 10 aromatic carbocycles. The maximum absolute atomic E-state index is 15.9. The number of aryl methyl sites for hydroxylation is 4. The van der Waals surface area contributed by atoms with Crippen LogP contribution >= 0.6 is 0 Å². The Balaban J connectivity index is 1.25. The van der Waals surface area contributed by atoms with E-state index in [0.29, 0.717) is 28.1 Å². The van der Waals surface area contributed by atoms with E-state index in [0.717, 1.165) is 94.4 Å². The van der Waals surface area contributed by atoms with Crippen molar-refractivity contribution in [3.05, 3.63) is 239 Å². The lowest BCUT2D eigenvalue weighted by Crippen LogP contribution is -2.14. The number of halogens is 6. The summed E-state index contributed by atoms with van der Waals surface area (Å²) in [4.78, 5) is 0. The number of hydrogen-bond donors (Lipinski definition) is 0. The van der Waals surface area contributed by atoms with Gasteiger partial charge in [-0.25, -0.2) is 0 Å². The molecule has 0 amide bonds. The van der Waals surface area contributed by atoms with Gasteiger partial charge in [-0.1, -0.05) is 127 Å². The quantitative estimate of drug-likeness (QED) is 0.147. The predicted molar refractivity (Wildman–Crippen MR) is 296 cm³/mol. The van der Waals surface area contributed by atoms with Gasteiger partial charge in [0.2, 0.25) is 0 Å². The highest BCUT2D eigenvalue weighted by Crippen LogP contribution is 2.49. The van der Waals surface area contributed by atoms with Gasteiger partial charge in [0.25, 0.3) is 0 Å². The van der Waals surface area contributed by atoms with Crippen molar-refractivity contribution in [1.29, 1.82) is 5.26 Å². The topological polar surface area (TPSA) is 33.6 Å². The summed E-state index contributed by atoms with van der Waals surface area (Å²) < 4.78 is 95.3. The fraction of sp³-hybridized carbons (Fsp3) is 0.0896. The van der Waals surface area contributed by atoms with Gasteiger partial charge in [0, 0.05) is 27.1 Å². The molecule has 0 unspecified atom stereocenters. The van der Waals surface area contributed by atoms with Gasteiger partial charge in [0.05, 0.1) is 56.2 Å². The summed E-state index contributed by atoms with van der Waals surface area (Å²) in [6, 6.07) is 63.3. The normalized spacial score (nSPS) is 12.1. The van der Waals surface area contributed by atoms with E-state index in [4.69, 9.17) is 0 Å². The third kappa shape index (κ3) is 8.00. The van der Waals surface area contributed by atoms with Crippen LogP contribution in [0.1, 0.15) is 38.9 Å². The summed E-state index contributed by atoms with van der Waals surface area (Å²) in [5.41, 5.74) is 11.4. The zero-order chi connectivity index (χ0) is 52.8. The van der Waals surface area contributed by atoms with Crippen LogP contribution in [0.5, 0.6) is 0 Å². The molecule has 0 saturated carbocycles. The lowest BCUT2D eigenvalue weighted by molar-refractivity contribution is -0.142. The summed E-state index contributed by atoms with van der Waals surface area (Å²) in [7, 11) is 0. The van der Waals surface area contributed by atoms with Crippen molar-refractivity contribution in [3.63, 3.8) is 0 Å². The highest BCUT2D eigenvalue weighted by atomic mass is 19.4. The van der Waals surface area contributed by atoms with Crippen molar-refractivity contribution >= 4 is 43.6 Å². The summed E-state index contributed by atoms with van der Waals surface area (Å²) in [5.74, 6) is 0. The number of alkyl halides is 6. The van der Waals surface area contributed by atoms with E-state index in [-0.39, 0.29) is 28.6 Å². The molecular formula is C67H45F6N3. The highest BCUT2D eigenvalue weighted by molar-refractivity contribution is 6.14. The first-order chi connectivity index (χ1) is 36.6. The second-order valence-corrected chi connectivity index (χ2v) is 19.6. The van der Waals surface area contributed by atoms with Gasteiger partial charge in [-0.2, -0.15) is 31.6 Å². The molecule has 3 nitrogen and oxygen atoms in total. The molecule has 0 aliphatic rings. The number of nitrogens with zero attached hydrogens (tertiary/aromatic N) is 3. The first-order valence-corrected chi connectivity index (χ1v) is 24.9. The fourth-order valence-electron chi connectivity index (χ4n) is 11.3. The molecule has 76 heavy (non-hydrogen) atoms. The Morgan fingerprint density at radius 1 is 0.355 bits per heavy atom.